The summed E-state index contributed by atoms with van der Waals surface area (Å²) in [7, 11) is 0. The summed E-state index contributed by atoms with van der Waals surface area (Å²) in [6, 6.07) is 18.2. The fourth-order valence-electron chi connectivity index (χ4n) is 2.23. The van der Waals surface area contributed by atoms with Gasteiger partial charge in [0.2, 0.25) is 0 Å². The highest BCUT2D eigenvalue weighted by atomic mass is 79.9. The van der Waals surface area contributed by atoms with E-state index in [1.807, 2.05) is 47.2 Å². The molecule has 5 nitrogen and oxygen atoms in total. The van der Waals surface area contributed by atoms with E-state index in [-0.39, 0.29) is 0 Å². The highest BCUT2D eigenvalue weighted by Gasteiger charge is 2.04. The first-order valence-corrected chi connectivity index (χ1v) is 8.58. The number of hydrogen-bond donors (Lipinski definition) is 2. The number of hydrazone groups is 1. The maximum absolute atomic E-state index is 11.9. The number of benzene rings is 2. The maximum Gasteiger partial charge on any atom is 0.339 e. The molecule has 1 heterocycles. The van der Waals surface area contributed by atoms with Crippen molar-refractivity contribution in [1.82, 2.24) is 9.99 Å². The molecule has 0 aliphatic rings. The first kappa shape index (κ1) is 17.3. The number of carbonyl (C=O) groups is 1. The second kappa shape index (κ2) is 8.00. The highest BCUT2D eigenvalue weighted by Crippen LogP contribution is 2.20. The van der Waals surface area contributed by atoms with E-state index in [1.165, 1.54) is 0 Å². The summed E-state index contributed by atoms with van der Waals surface area (Å²) >= 11 is 9.46. The van der Waals surface area contributed by atoms with Crippen molar-refractivity contribution in [2.24, 2.45) is 5.10 Å². The molecule has 0 atom stereocenters. The largest absolute Gasteiger partial charge is 0.339 e. The van der Waals surface area contributed by atoms with Crippen LogP contribution in [-0.2, 0) is 0 Å². The van der Waals surface area contributed by atoms with Gasteiger partial charge in [-0.2, -0.15) is 5.10 Å². The SMILES string of the molecule is O=C(N/N=C/c1cccn1-c1cccc(Br)c1)Nc1ccccc1Cl. The Morgan fingerprint density at radius 2 is 1.96 bits per heavy atom. The molecule has 0 spiro atoms. The van der Waals surface area contributed by atoms with E-state index in [1.54, 1.807) is 30.5 Å². The zero-order valence-electron chi connectivity index (χ0n) is 13.0. The third-order valence-electron chi connectivity index (χ3n) is 3.35. The van der Waals surface area contributed by atoms with Crippen molar-refractivity contribution in [3.05, 3.63) is 82.0 Å². The normalized spacial score (nSPS) is 10.8. The topological polar surface area (TPSA) is 58.4 Å². The third-order valence-corrected chi connectivity index (χ3v) is 4.17. The minimum atomic E-state index is -0.468. The summed E-state index contributed by atoms with van der Waals surface area (Å²) in [5.41, 5.74) is 4.76. The second-order valence-electron chi connectivity index (χ2n) is 5.09. The number of rotatable bonds is 4. The zero-order chi connectivity index (χ0) is 17.6. The van der Waals surface area contributed by atoms with Gasteiger partial charge in [-0.25, -0.2) is 10.2 Å². The van der Waals surface area contributed by atoms with Gasteiger partial charge >= 0.3 is 6.03 Å². The van der Waals surface area contributed by atoms with Crippen molar-refractivity contribution in [1.29, 1.82) is 0 Å². The van der Waals surface area contributed by atoms with Crippen LogP contribution in [0.25, 0.3) is 5.69 Å². The molecule has 0 saturated carbocycles. The summed E-state index contributed by atoms with van der Waals surface area (Å²) < 4.78 is 2.95. The molecule has 2 N–H and O–H groups in total. The molecule has 0 unspecified atom stereocenters. The van der Waals surface area contributed by atoms with E-state index in [9.17, 15) is 4.79 Å². The molecule has 25 heavy (non-hydrogen) atoms. The van der Waals surface area contributed by atoms with E-state index in [2.05, 4.69) is 31.8 Å². The van der Waals surface area contributed by atoms with E-state index >= 15 is 0 Å². The molecule has 0 radical (unpaired) electrons. The van der Waals surface area contributed by atoms with Gasteiger partial charge in [0.1, 0.15) is 0 Å². The number of hydrogen-bond acceptors (Lipinski definition) is 2. The summed E-state index contributed by atoms with van der Waals surface area (Å²) in [6.45, 7) is 0. The molecule has 3 aromatic rings. The molecule has 0 aliphatic heterocycles. The molecule has 0 bridgehead atoms. The lowest BCUT2D eigenvalue weighted by molar-refractivity contribution is 0.252. The Labute approximate surface area is 158 Å². The predicted octanol–water partition coefficient (Wildman–Crippen LogP) is 5.05. The van der Waals surface area contributed by atoms with Crippen LogP contribution in [0.15, 0.2) is 76.4 Å². The monoisotopic (exact) mass is 416 g/mol. The number of aromatic nitrogens is 1. The lowest BCUT2D eigenvalue weighted by Crippen LogP contribution is -2.24. The number of nitrogens with one attached hydrogen (secondary N) is 2. The van der Waals surface area contributed by atoms with Gasteiger partial charge in [-0.3, -0.25) is 0 Å². The minimum Gasteiger partial charge on any atom is -0.316 e. The summed E-state index contributed by atoms with van der Waals surface area (Å²) in [5, 5.41) is 7.08. The van der Waals surface area contributed by atoms with Crippen molar-refractivity contribution in [2.45, 2.75) is 0 Å². The Kier molecular flexibility index (Phi) is 5.53. The predicted molar refractivity (Wildman–Crippen MR) is 105 cm³/mol. The Balaban J connectivity index is 1.66. The fraction of sp³-hybridized carbons (Fsp3) is 0. The van der Waals surface area contributed by atoms with Crippen LogP contribution in [0.1, 0.15) is 5.69 Å². The van der Waals surface area contributed by atoms with Gasteiger partial charge in [0, 0.05) is 16.4 Å². The molecule has 2 aromatic carbocycles. The van der Waals surface area contributed by atoms with Crippen LogP contribution < -0.4 is 10.7 Å². The number of anilines is 1. The third kappa shape index (κ3) is 4.49. The van der Waals surface area contributed by atoms with Crippen LogP contribution in [0.2, 0.25) is 5.02 Å². The summed E-state index contributed by atoms with van der Waals surface area (Å²) in [5.74, 6) is 0. The van der Waals surface area contributed by atoms with E-state index in [4.69, 9.17) is 11.6 Å². The zero-order valence-corrected chi connectivity index (χ0v) is 15.3. The molecular formula is C18H14BrClN4O. The number of carbonyl (C=O) groups excluding carboxylic acids is 1. The number of amides is 2. The Morgan fingerprint density at radius 3 is 2.76 bits per heavy atom. The molecule has 2 amide bonds. The van der Waals surface area contributed by atoms with Crippen LogP contribution in [0.3, 0.4) is 0 Å². The molecule has 0 fully saturated rings. The number of para-hydroxylation sites is 1. The number of halogens is 2. The number of nitrogens with zero attached hydrogens (tertiary/aromatic N) is 2. The molecule has 3 rings (SSSR count). The van der Waals surface area contributed by atoms with Crippen LogP contribution in [-0.4, -0.2) is 16.8 Å². The smallest absolute Gasteiger partial charge is 0.316 e. The molecular weight excluding hydrogens is 404 g/mol. The average Bonchev–Trinajstić information content (AvgIpc) is 3.05. The van der Waals surface area contributed by atoms with Gasteiger partial charge in [0.15, 0.2) is 0 Å². The summed E-state index contributed by atoms with van der Waals surface area (Å²) in [4.78, 5) is 11.9. The molecule has 7 heteroatoms. The van der Waals surface area contributed by atoms with Crippen molar-refractivity contribution in [3.63, 3.8) is 0 Å². The minimum absolute atomic E-state index is 0.463. The van der Waals surface area contributed by atoms with Gasteiger partial charge in [0.25, 0.3) is 0 Å². The maximum atomic E-state index is 11.9. The van der Waals surface area contributed by atoms with Gasteiger partial charge in [-0.05, 0) is 42.5 Å². The fourth-order valence-corrected chi connectivity index (χ4v) is 2.80. The standard InChI is InChI=1S/C18H14BrClN4O/c19-13-5-3-6-14(11-13)24-10-4-7-15(24)12-21-23-18(25)22-17-9-2-1-8-16(17)20/h1-12H,(H2,22,23,25)/b21-12+. The van der Waals surface area contributed by atoms with Gasteiger partial charge < -0.3 is 9.88 Å². The van der Waals surface area contributed by atoms with E-state index in [0.717, 1.165) is 15.9 Å². The Morgan fingerprint density at radius 1 is 1.12 bits per heavy atom. The van der Waals surface area contributed by atoms with Crippen molar-refractivity contribution >= 4 is 45.5 Å². The molecule has 1 aromatic heterocycles. The molecule has 0 aliphatic carbocycles. The van der Waals surface area contributed by atoms with E-state index < -0.39 is 6.03 Å². The first-order valence-electron chi connectivity index (χ1n) is 7.41. The number of urea groups is 1. The Hall–Kier alpha value is -2.57. The van der Waals surface area contributed by atoms with Gasteiger partial charge in [-0.15, -0.1) is 0 Å². The van der Waals surface area contributed by atoms with Gasteiger partial charge in [-0.1, -0.05) is 45.7 Å². The van der Waals surface area contributed by atoms with Crippen LogP contribution in [0.5, 0.6) is 0 Å². The quantitative estimate of drug-likeness (QED) is 0.453. The highest BCUT2D eigenvalue weighted by molar-refractivity contribution is 9.10. The van der Waals surface area contributed by atoms with Crippen molar-refractivity contribution < 1.29 is 4.79 Å². The summed E-state index contributed by atoms with van der Waals surface area (Å²) in [6.07, 6.45) is 3.50. The van der Waals surface area contributed by atoms with Crippen LogP contribution in [0, 0.1) is 0 Å². The lowest BCUT2D eigenvalue weighted by Gasteiger charge is -2.07. The van der Waals surface area contributed by atoms with Crippen LogP contribution >= 0.6 is 27.5 Å². The lowest BCUT2D eigenvalue weighted by atomic mass is 10.3. The average molecular weight is 418 g/mol. The van der Waals surface area contributed by atoms with Crippen molar-refractivity contribution in [3.8, 4) is 5.69 Å². The van der Waals surface area contributed by atoms with E-state index in [0.29, 0.717) is 10.7 Å². The molecule has 0 saturated heterocycles. The first-order chi connectivity index (χ1) is 12.1. The molecule has 126 valence electrons. The van der Waals surface area contributed by atoms with Crippen LogP contribution in [0.4, 0.5) is 10.5 Å². The second-order valence-corrected chi connectivity index (χ2v) is 6.41. The van der Waals surface area contributed by atoms with Crippen molar-refractivity contribution in [2.75, 3.05) is 5.32 Å². The van der Waals surface area contributed by atoms with Gasteiger partial charge in [0.05, 0.1) is 22.6 Å². The Bertz CT molecular complexity index is 923.